The Labute approximate surface area is 75.1 Å². The highest BCUT2D eigenvalue weighted by Gasteiger charge is 2.20. The lowest BCUT2D eigenvalue weighted by molar-refractivity contribution is 0.288. The van der Waals surface area contributed by atoms with Crippen LogP contribution in [-0.4, -0.2) is 31.7 Å². The molecule has 0 spiro atoms. The van der Waals surface area contributed by atoms with Gasteiger partial charge >= 0.3 is 0 Å². The molecule has 0 aromatic rings. The van der Waals surface area contributed by atoms with Gasteiger partial charge in [0.05, 0.1) is 0 Å². The molecule has 2 unspecified atom stereocenters. The van der Waals surface area contributed by atoms with Crippen LogP contribution in [0.2, 0.25) is 0 Å². The van der Waals surface area contributed by atoms with E-state index in [0.29, 0.717) is 12.1 Å². The molecule has 0 aromatic carbocycles. The zero-order chi connectivity index (χ0) is 8.97. The highest BCUT2D eigenvalue weighted by Crippen LogP contribution is 2.05. The largest absolute Gasteiger partial charge is 0.330 e. The summed E-state index contributed by atoms with van der Waals surface area (Å²) in [5, 5.41) is 7.04. The van der Waals surface area contributed by atoms with Gasteiger partial charge in [-0.25, -0.2) is 0 Å². The molecule has 1 aliphatic rings. The minimum atomic E-state index is 0.588. The first kappa shape index (κ1) is 9.96. The van der Waals surface area contributed by atoms with Crippen molar-refractivity contribution in [2.75, 3.05) is 19.6 Å². The van der Waals surface area contributed by atoms with E-state index < -0.39 is 0 Å². The van der Waals surface area contributed by atoms with Crippen molar-refractivity contribution in [1.82, 2.24) is 10.6 Å². The third-order valence-electron chi connectivity index (χ3n) is 2.57. The normalized spacial score (nSPS) is 31.0. The highest BCUT2D eigenvalue weighted by molar-refractivity contribution is 4.84. The number of rotatable bonds is 3. The first-order valence-electron chi connectivity index (χ1n) is 4.91. The number of hydrogen-bond donors (Lipinski definition) is 3. The maximum Gasteiger partial charge on any atom is 0.0216 e. The van der Waals surface area contributed by atoms with Crippen molar-refractivity contribution >= 4 is 0 Å². The van der Waals surface area contributed by atoms with Crippen LogP contribution in [0, 0.1) is 5.92 Å². The minimum Gasteiger partial charge on any atom is -0.330 e. The summed E-state index contributed by atoms with van der Waals surface area (Å²) in [6.07, 6.45) is 1.08. The molecule has 1 aliphatic heterocycles. The summed E-state index contributed by atoms with van der Waals surface area (Å²) < 4.78 is 0. The molecule has 0 aromatic heterocycles. The number of hydrogen-bond acceptors (Lipinski definition) is 3. The monoisotopic (exact) mass is 171 g/mol. The Hall–Kier alpha value is -0.120. The Morgan fingerprint density at radius 2 is 2.08 bits per heavy atom. The van der Waals surface area contributed by atoms with Crippen molar-refractivity contribution in [2.45, 2.75) is 32.4 Å². The van der Waals surface area contributed by atoms with Gasteiger partial charge in [-0.3, -0.25) is 0 Å². The summed E-state index contributed by atoms with van der Waals surface area (Å²) >= 11 is 0. The molecule has 1 fully saturated rings. The van der Waals surface area contributed by atoms with Crippen LogP contribution in [-0.2, 0) is 0 Å². The molecule has 12 heavy (non-hydrogen) atoms. The second-order valence-electron chi connectivity index (χ2n) is 3.94. The van der Waals surface area contributed by atoms with Gasteiger partial charge < -0.3 is 16.4 Å². The molecule has 0 bridgehead atoms. The third-order valence-corrected chi connectivity index (χ3v) is 2.57. The summed E-state index contributed by atoms with van der Waals surface area (Å²) in [5.74, 6) is 0.719. The molecule has 1 rings (SSSR count). The average Bonchev–Trinajstić information content (AvgIpc) is 2.06. The van der Waals surface area contributed by atoms with Crippen molar-refractivity contribution in [1.29, 1.82) is 0 Å². The van der Waals surface area contributed by atoms with Gasteiger partial charge in [0.25, 0.3) is 0 Å². The molecule has 0 aliphatic carbocycles. The molecule has 1 heterocycles. The molecule has 0 radical (unpaired) electrons. The first-order chi connectivity index (χ1) is 5.74. The maximum absolute atomic E-state index is 5.49. The fourth-order valence-corrected chi connectivity index (χ4v) is 1.61. The van der Waals surface area contributed by atoms with Crippen LogP contribution in [0.1, 0.15) is 20.3 Å². The van der Waals surface area contributed by atoms with Gasteiger partial charge in [0.15, 0.2) is 0 Å². The topological polar surface area (TPSA) is 50.1 Å². The predicted molar refractivity (Wildman–Crippen MR) is 52.1 cm³/mol. The van der Waals surface area contributed by atoms with Crippen LogP contribution in [0.3, 0.4) is 0 Å². The smallest absolute Gasteiger partial charge is 0.0216 e. The van der Waals surface area contributed by atoms with E-state index in [4.69, 9.17) is 5.73 Å². The zero-order valence-corrected chi connectivity index (χ0v) is 8.14. The summed E-state index contributed by atoms with van der Waals surface area (Å²) in [4.78, 5) is 0. The molecule has 2 atom stereocenters. The van der Waals surface area contributed by atoms with E-state index in [1.54, 1.807) is 0 Å². The van der Waals surface area contributed by atoms with E-state index in [2.05, 4.69) is 24.5 Å². The van der Waals surface area contributed by atoms with Gasteiger partial charge in [0.2, 0.25) is 0 Å². The van der Waals surface area contributed by atoms with E-state index in [1.165, 1.54) is 0 Å². The highest BCUT2D eigenvalue weighted by atomic mass is 15.1. The molecular formula is C9H21N3. The third kappa shape index (κ3) is 2.73. The Balaban J connectivity index is 2.20. The van der Waals surface area contributed by atoms with Crippen LogP contribution in [0.25, 0.3) is 0 Å². The van der Waals surface area contributed by atoms with Crippen LogP contribution in [0.15, 0.2) is 0 Å². The van der Waals surface area contributed by atoms with Crippen LogP contribution in [0.5, 0.6) is 0 Å². The Morgan fingerprint density at radius 3 is 2.50 bits per heavy atom. The van der Waals surface area contributed by atoms with E-state index >= 15 is 0 Å². The van der Waals surface area contributed by atoms with E-state index in [0.717, 1.165) is 32.0 Å². The fourth-order valence-electron chi connectivity index (χ4n) is 1.61. The van der Waals surface area contributed by atoms with Crippen molar-refractivity contribution < 1.29 is 0 Å². The van der Waals surface area contributed by atoms with Crippen molar-refractivity contribution in [3.8, 4) is 0 Å². The molecule has 0 amide bonds. The molecule has 3 heteroatoms. The Morgan fingerprint density at radius 1 is 1.33 bits per heavy atom. The maximum atomic E-state index is 5.49. The lowest BCUT2D eigenvalue weighted by atomic mass is 10.0. The molecule has 4 N–H and O–H groups in total. The van der Waals surface area contributed by atoms with Gasteiger partial charge in [-0.15, -0.1) is 0 Å². The second-order valence-corrected chi connectivity index (χ2v) is 3.94. The van der Waals surface area contributed by atoms with Crippen molar-refractivity contribution in [3.63, 3.8) is 0 Å². The lowest BCUT2D eigenvalue weighted by Crippen LogP contribution is -2.56. The summed E-state index contributed by atoms with van der Waals surface area (Å²) in [6, 6.07) is 1.23. The van der Waals surface area contributed by atoms with Gasteiger partial charge in [-0.2, -0.15) is 0 Å². The summed E-state index contributed by atoms with van der Waals surface area (Å²) in [7, 11) is 0. The standard InChI is InChI=1S/C9H21N3/c1-7(2)9-6-11-8(3-4-10)5-12-9/h7-9,11-12H,3-6,10H2,1-2H3. The van der Waals surface area contributed by atoms with Crippen molar-refractivity contribution in [2.24, 2.45) is 11.7 Å². The van der Waals surface area contributed by atoms with E-state index in [9.17, 15) is 0 Å². The predicted octanol–water partition coefficient (Wildman–Crippen LogP) is -0.0788. The number of nitrogens with two attached hydrogens (primary N) is 1. The Bertz CT molecular complexity index is 117. The number of nitrogens with one attached hydrogen (secondary N) is 2. The van der Waals surface area contributed by atoms with Crippen LogP contribution >= 0.6 is 0 Å². The molecule has 0 saturated carbocycles. The van der Waals surface area contributed by atoms with Gasteiger partial charge in [0.1, 0.15) is 0 Å². The van der Waals surface area contributed by atoms with Crippen molar-refractivity contribution in [3.05, 3.63) is 0 Å². The molecule has 1 saturated heterocycles. The average molecular weight is 171 g/mol. The van der Waals surface area contributed by atoms with E-state index in [-0.39, 0.29) is 0 Å². The first-order valence-corrected chi connectivity index (χ1v) is 4.91. The summed E-state index contributed by atoms with van der Waals surface area (Å²) in [6.45, 7) is 7.44. The quantitative estimate of drug-likeness (QED) is 0.557. The SMILES string of the molecule is CC(C)C1CNC(CCN)CN1. The molecule has 72 valence electrons. The molecule has 3 nitrogen and oxygen atoms in total. The van der Waals surface area contributed by atoms with Gasteiger partial charge in [-0.1, -0.05) is 13.8 Å². The summed E-state index contributed by atoms with van der Waals surface area (Å²) in [5.41, 5.74) is 5.49. The minimum absolute atomic E-state index is 0.588. The van der Waals surface area contributed by atoms with E-state index in [1.807, 2.05) is 0 Å². The number of piperazine rings is 1. The van der Waals surface area contributed by atoms with Gasteiger partial charge in [0, 0.05) is 25.2 Å². The fraction of sp³-hybridized carbons (Fsp3) is 1.00. The molecular weight excluding hydrogens is 150 g/mol. The van der Waals surface area contributed by atoms with Crippen LogP contribution < -0.4 is 16.4 Å². The van der Waals surface area contributed by atoms with Gasteiger partial charge in [-0.05, 0) is 18.9 Å². The second kappa shape index (κ2) is 4.80. The lowest BCUT2D eigenvalue weighted by Gasteiger charge is -2.33. The zero-order valence-electron chi connectivity index (χ0n) is 8.14. The Kier molecular flexibility index (Phi) is 3.98. The van der Waals surface area contributed by atoms with Crippen LogP contribution in [0.4, 0.5) is 0 Å².